The highest BCUT2D eigenvalue weighted by atomic mass is 16.5. The fourth-order valence-corrected chi connectivity index (χ4v) is 1.77. The molecular formula is C14H13NO6. The quantitative estimate of drug-likeness (QED) is 0.771. The van der Waals surface area contributed by atoms with Crippen molar-refractivity contribution in [2.45, 2.75) is 6.04 Å². The fourth-order valence-electron chi connectivity index (χ4n) is 1.77. The first-order chi connectivity index (χ1) is 10.1. The topological polar surface area (TPSA) is 106 Å². The number of aliphatic hydroxyl groups excluding tert-OH is 1. The van der Waals surface area contributed by atoms with Gasteiger partial charge in [0.15, 0.2) is 17.2 Å². The van der Waals surface area contributed by atoms with Crippen LogP contribution in [0.2, 0.25) is 0 Å². The van der Waals surface area contributed by atoms with Crippen molar-refractivity contribution in [3.63, 3.8) is 0 Å². The Labute approximate surface area is 119 Å². The second-order valence-electron chi connectivity index (χ2n) is 4.20. The molecule has 1 unspecified atom stereocenters. The zero-order valence-corrected chi connectivity index (χ0v) is 11.2. The number of carbonyl (C=O) groups is 2. The van der Waals surface area contributed by atoms with Crippen molar-refractivity contribution in [2.24, 2.45) is 0 Å². The van der Waals surface area contributed by atoms with Gasteiger partial charge in [0.05, 0.1) is 19.1 Å². The first-order valence-corrected chi connectivity index (χ1v) is 6.09. The lowest BCUT2D eigenvalue weighted by Crippen LogP contribution is -2.44. The lowest BCUT2D eigenvalue weighted by atomic mass is 10.2. The SMILES string of the molecule is COC(=O)C(CO)NC(=O)c1cc(=O)c2ccccc2o1. The molecule has 1 aromatic heterocycles. The first kappa shape index (κ1) is 14.7. The molecule has 0 saturated heterocycles. The predicted molar refractivity (Wildman–Crippen MR) is 72.8 cm³/mol. The van der Waals surface area contributed by atoms with Gasteiger partial charge in [0.25, 0.3) is 5.91 Å². The Kier molecular flexibility index (Phi) is 4.34. The number of carbonyl (C=O) groups excluding carboxylic acids is 2. The van der Waals surface area contributed by atoms with E-state index in [1.165, 1.54) is 0 Å². The van der Waals surface area contributed by atoms with Crippen LogP contribution in [-0.2, 0) is 9.53 Å². The van der Waals surface area contributed by atoms with Crippen LogP contribution in [0.4, 0.5) is 0 Å². The monoisotopic (exact) mass is 291 g/mol. The fraction of sp³-hybridized carbons (Fsp3) is 0.214. The van der Waals surface area contributed by atoms with E-state index in [0.29, 0.717) is 5.39 Å². The molecule has 0 aliphatic rings. The maximum absolute atomic E-state index is 12.0. The van der Waals surface area contributed by atoms with Gasteiger partial charge < -0.3 is 19.6 Å². The van der Waals surface area contributed by atoms with Gasteiger partial charge >= 0.3 is 5.97 Å². The maximum Gasteiger partial charge on any atom is 0.330 e. The second-order valence-corrected chi connectivity index (χ2v) is 4.20. The number of hydrogen-bond donors (Lipinski definition) is 2. The van der Waals surface area contributed by atoms with E-state index >= 15 is 0 Å². The summed E-state index contributed by atoms with van der Waals surface area (Å²) >= 11 is 0. The molecule has 21 heavy (non-hydrogen) atoms. The van der Waals surface area contributed by atoms with Crippen LogP contribution >= 0.6 is 0 Å². The van der Waals surface area contributed by atoms with Gasteiger partial charge in [0, 0.05) is 6.07 Å². The van der Waals surface area contributed by atoms with Gasteiger partial charge in [0.2, 0.25) is 0 Å². The molecule has 0 fully saturated rings. The summed E-state index contributed by atoms with van der Waals surface area (Å²) in [5.41, 5.74) is -0.116. The Bertz CT molecular complexity index is 736. The van der Waals surface area contributed by atoms with Crippen LogP contribution in [0.25, 0.3) is 11.0 Å². The van der Waals surface area contributed by atoms with Crippen LogP contribution in [0.15, 0.2) is 39.5 Å². The molecule has 1 aromatic carbocycles. The van der Waals surface area contributed by atoms with E-state index in [-0.39, 0.29) is 16.8 Å². The normalized spacial score (nSPS) is 11.9. The van der Waals surface area contributed by atoms with Crippen molar-refractivity contribution in [3.05, 3.63) is 46.3 Å². The summed E-state index contributed by atoms with van der Waals surface area (Å²) in [4.78, 5) is 35.1. The summed E-state index contributed by atoms with van der Waals surface area (Å²) in [6.45, 7) is -0.629. The molecule has 1 amide bonds. The third kappa shape index (κ3) is 3.09. The highest BCUT2D eigenvalue weighted by Gasteiger charge is 2.22. The molecule has 0 aliphatic carbocycles. The van der Waals surface area contributed by atoms with Crippen molar-refractivity contribution in [1.29, 1.82) is 0 Å². The Morgan fingerprint density at radius 2 is 2.10 bits per heavy atom. The zero-order chi connectivity index (χ0) is 15.4. The smallest absolute Gasteiger partial charge is 0.330 e. The third-order valence-corrected chi connectivity index (χ3v) is 2.83. The zero-order valence-electron chi connectivity index (χ0n) is 11.2. The number of rotatable bonds is 4. The van der Waals surface area contributed by atoms with Gasteiger partial charge in [-0.05, 0) is 12.1 Å². The number of aliphatic hydroxyl groups is 1. The predicted octanol–water partition coefficient (Wildman–Crippen LogP) is 0.0567. The van der Waals surface area contributed by atoms with Gasteiger partial charge in [-0.1, -0.05) is 12.1 Å². The lowest BCUT2D eigenvalue weighted by Gasteiger charge is -2.13. The Balaban J connectivity index is 2.31. The number of benzene rings is 1. The number of methoxy groups -OCH3 is 1. The van der Waals surface area contributed by atoms with Crippen molar-refractivity contribution < 1.29 is 23.8 Å². The van der Waals surface area contributed by atoms with Crippen molar-refractivity contribution in [1.82, 2.24) is 5.32 Å². The third-order valence-electron chi connectivity index (χ3n) is 2.83. The molecule has 0 saturated carbocycles. The number of ether oxygens (including phenoxy) is 1. The standard InChI is InChI=1S/C14H13NO6/c1-20-14(19)9(7-16)15-13(18)12-6-10(17)8-4-2-3-5-11(8)21-12/h2-6,9,16H,7H2,1H3,(H,15,18). The Hall–Kier alpha value is -2.67. The van der Waals surface area contributed by atoms with E-state index < -0.39 is 24.5 Å². The molecule has 7 nitrogen and oxygen atoms in total. The minimum atomic E-state index is -1.22. The van der Waals surface area contributed by atoms with Gasteiger partial charge in [-0.3, -0.25) is 9.59 Å². The average Bonchev–Trinajstić information content (AvgIpc) is 2.51. The minimum Gasteiger partial charge on any atom is -0.467 e. The Morgan fingerprint density at radius 3 is 2.76 bits per heavy atom. The molecule has 2 aromatic rings. The van der Waals surface area contributed by atoms with Crippen LogP contribution in [0, 0.1) is 0 Å². The van der Waals surface area contributed by atoms with Crippen LogP contribution in [0.1, 0.15) is 10.6 Å². The maximum atomic E-state index is 12.0. The molecule has 2 rings (SSSR count). The van der Waals surface area contributed by atoms with Crippen molar-refractivity contribution in [2.75, 3.05) is 13.7 Å². The van der Waals surface area contributed by atoms with Crippen molar-refractivity contribution in [3.8, 4) is 0 Å². The molecule has 0 radical (unpaired) electrons. The lowest BCUT2D eigenvalue weighted by molar-refractivity contribution is -0.143. The Morgan fingerprint density at radius 1 is 1.38 bits per heavy atom. The molecule has 2 N–H and O–H groups in total. The molecule has 0 spiro atoms. The molecule has 1 heterocycles. The van der Waals surface area contributed by atoms with Gasteiger partial charge in [-0.15, -0.1) is 0 Å². The van der Waals surface area contributed by atoms with E-state index in [2.05, 4.69) is 10.1 Å². The summed E-state index contributed by atoms with van der Waals surface area (Å²) in [6, 6.07) is 6.28. The van der Waals surface area contributed by atoms with E-state index in [1.54, 1.807) is 24.3 Å². The number of esters is 1. The molecule has 110 valence electrons. The summed E-state index contributed by atoms with van der Waals surface area (Å²) in [5.74, 6) is -1.84. The van der Waals surface area contributed by atoms with Gasteiger partial charge in [-0.2, -0.15) is 0 Å². The highest BCUT2D eigenvalue weighted by molar-refractivity contribution is 5.95. The molecule has 7 heteroatoms. The minimum absolute atomic E-state index is 0.249. The average molecular weight is 291 g/mol. The second kappa shape index (κ2) is 6.19. The van der Waals surface area contributed by atoms with Crippen LogP contribution < -0.4 is 10.7 Å². The van der Waals surface area contributed by atoms with Crippen LogP contribution in [0.3, 0.4) is 0 Å². The summed E-state index contributed by atoms with van der Waals surface area (Å²) in [5, 5.41) is 11.6. The van der Waals surface area contributed by atoms with Gasteiger partial charge in [0.1, 0.15) is 5.58 Å². The molecule has 1 atom stereocenters. The first-order valence-electron chi connectivity index (χ1n) is 6.09. The summed E-state index contributed by atoms with van der Waals surface area (Å²) in [6.07, 6.45) is 0. The van der Waals surface area contributed by atoms with Crippen LogP contribution in [-0.4, -0.2) is 36.7 Å². The number of para-hydroxylation sites is 1. The van der Waals surface area contributed by atoms with E-state index in [9.17, 15) is 14.4 Å². The number of amides is 1. The molecule has 0 aliphatic heterocycles. The highest BCUT2D eigenvalue weighted by Crippen LogP contribution is 2.11. The molecule has 0 bridgehead atoms. The summed E-state index contributed by atoms with van der Waals surface area (Å²) in [7, 11) is 1.13. The number of hydrogen-bond acceptors (Lipinski definition) is 6. The number of fused-ring (bicyclic) bond motifs is 1. The largest absolute Gasteiger partial charge is 0.467 e. The van der Waals surface area contributed by atoms with E-state index in [1.807, 2.05) is 0 Å². The van der Waals surface area contributed by atoms with E-state index in [4.69, 9.17) is 9.52 Å². The van der Waals surface area contributed by atoms with Crippen LogP contribution in [0.5, 0.6) is 0 Å². The van der Waals surface area contributed by atoms with Crippen molar-refractivity contribution >= 4 is 22.8 Å². The van der Waals surface area contributed by atoms with E-state index in [0.717, 1.165) is 13.2 Å². The summed E-state index contributed by atoms with van der Waals surface area (Å²) < 4.78 is 9.75. The molecular weight excluding hydrogens is 278 g/mol. The van der Waals surface area contributed by atoms with Gasteiger partial charge in [-0.25, -0.2) is 4.79 Å². The number of nitrogens with one attached hydrogen (secondary N) is 1.